The Morgan fingerprint density at radius 2 is 2.16 bits per heavy atom. The average Bonchev–Trinajstić information content (AvgIpc) is 2.70. The fraction of sp³-hybridized carbons (Fsp3) is 0.250. The van der Waals surface area contributed by atoms with Crippen molar-refractivity contribution in [2.45, 2.75) is 13.5 Å². The number of nitrogens with zero attached hydrogens (tertiary/aromatic N) is 2. The lowest BCUT2D eigenvalue weighted by molar-refractivity contribution is 0.413. The molecule has 0 aliphatic heterocycles. The number of hydrogen-bond donors (Lipinski definition) is 2. The number of ether oxygens (including phenoxy) is 1. The predicted octanol–water partition coefficient (Wildman–Crippen LogP) is 0.582. The molecule has 2 aromatic rings. The Hall–Kier alpha value is -1.50. The van der Waals surface area contributed by atoms with Crippen LogP contribution in [0.25, 0.3) is 0 Å². The number of hydrogen-bond acceptors (Lipinski definition) is 4. The SMILES string of the molecule is COc1ccc(B(O)O)c(Cn2ncc(Cl)c2C)c1. The minimum atomic E-state index is -1.53. The zero-order chi connectivity index (χ0) is 14.0. The van der Waals surface area contributed by atoms with Gasteiger partial charge in [-0.05, 0) is 30.1 Å². The molecule has 2 N–H and O–H groups in total. The Morgan fingerprint density at radius 3 is 2.68 bits per heavy atom. The first kappa shape index (κ1) is 13.9. The minimum absolute atomic E-state index is 0.392. The fourth-order valence-corrected chi connectivity index (χ4v) is 1.98. The van der Waals surface area contributed by atoms with Gasteiger partial charge in [0.25, 0.3) is 0 Å². The summed E-state index contributed by atoms with van der Waals surface area (Å²) in [6.45, 7) is 2.24. The van der Waals surface area contributed by atoms with E-state index in [1.807, 2.05) is 6.92 Å². The lowest BCUT2D eigenvalue weighted by Gasteiger charge is -2.12. The Kier molecular flexibility index (Phi) is 4.14. The van der Waals surface area contributed by atoms with E-state index in [4.69, 9.17) is 16.3 Å². The second-order valence-corrected chi connectivity index (χ2v) is 4.58. The zero-order valence-electron chi connectivity index (χ0n) is 10.7. The van der Waals surface area contributed by atoms with E-state index in [0.29, 0.717) is 22.8 Å². The Bertz CT molecular complexity index is 586. The van der Waals surface area contributed by atoms with Crippen molar-refractivity contribution in [2.24, 2.45) is 0 Å². The molecule has 7 heteroatoms. The predicted molar refractivity (Wildman–Crippen MR) is 73.9 cm³/mol. The summed E-state index contributed by atoms with van der Waals surface area (Å²) in [5.74, 6) is 0.648. The summed E-state index contributed by atoms with van der Waals surface area (Å²) in [5, 5.41) is 23.5. The number of benzene rings is 1. The molecule has 0 saturated carbocycles. The van der Waals surface area contributed by atoms with Gasteiger partial charge in [0.15, 0.2) is 0 Å². The Balaban J connectivity index is 2.39. The number of halogens is 1. The first-order chi connectivity index (χ1) is 9.02. The second kappa shape index (κ2) is 5.65. The first-order valence-corrected chi connectivity index (χ1v) is 6.11. The summed E-state index contributed by atoms with van der Waals surface area (Å²) in [6, 6.07) is 5.06. The molecule has 0 bridgehead atoms. The molecule has 0 aliphatic rings. The average molecular weight is 281 g/mol. The maximum Gasteiger partial charge on any atom is 0.488 e. The van der Waals surface area contributed by atoms with E-state index in [1.165, 1.54) is 0 Å². The molecular formula is C12H14BClN2O3. The van der Waals surface area contributed by atoms with Gasteiger partial charge < -0.3 is 14.8 Å². The van der Waals surface area contributed by atoms with Crippen LogP contribution in [-0.2, 0) is 6.54 Å². The van der Waals surface area contributed by atoms with Gasteiger partial charge in [0.2, 0.25) is 0 Å². The molecule has 0 atom stereocenters. The molecule has 0 radical (unpaired) electrons. The molecule has 19 heavy (non-hydrogen) atoms. The number of rotatable bonds is 4. The van der Waals surface area contributed by atoms with E-state index >= 15 is 0 Å². The quantitative estimate of drug-likeness (QED) is 0.804. The Labute approximate surface area is 116 Å². The lowest BCUT2D eigenvalue weighted by atomic mass is 9.77. The molecule has 0 unspecified atom stereocenters. The van der Waals surface area contributed by atoms with Crippen LogP contribution in [0.3, 0.4) is 0 Å². The molecule has 1 aromatic heterocycles. The zero-order valence-corrected chi connectivity index (χ0v) is 11.4. The van der Waals surface area contributed by atoms with E-state index in [1.54, 1.807) is 36.2 Å². The van der Waals surface area contributed by atoms with Gasteiger partial charge in [0.05, 0.1) is 30.6 Å². The molecule has 5 nitrogen and oxygen atoms in total. The molecule has 0 spiro atoms. The maximum absolute atomic E-state index is 9.38. The van der Waals surface area contributed by atoms with Crippen molar-refractivity contribution < 1.29 is 14.8 Å². The summed E-state index contributed by atoms with van der Waals surface area (Å²) in [7, 11) is 0.0248. The highest BCUT2D eigenvalue weighted by Gasteiger charge is 2.17. The van der Waals surface area contributed by atoms with Gasteiger partial charge >= 0.3 is 7.12 Å². The minimum Gasteiger partial charge on any atom is -0.497 e. The van der Waals surface area contributed by atoms with Crippen LogP contribution < -0.4 is 10.2 Å². The van der Waals surface area contributed by atoms with Crippen molar-refractivity contribution in [2.75, 3.05) is 7.11 Å². The van der Waals surface area contributed by atoms with Crippen molar-refractivity contribution >= 4 is 24.2 Å². The summed E-state index contributed by atoms with van der Waals surface area (Å²) in [5.41, 5.74) is 1.96. The van der Waals surface area contributed by atoms with Crippen LogP contribution in [0.4, 0.5) is 0 Å². The van der Waals surface area contributed by atoms with E-state index < -0.39 is 7.12 Å². The smallest absolute Gasteiger partial charge is 0.488 e. The van der Waals surface area contributed by atoms with Crippen molar-refractivity contribution in [3.63, 3.8) is 0 Å². The van der Waals surface area contributed by atoms with Crippen LogP contribution in [0.2, 0.25) is 5.02 Å². The Morgan fingerprint density at radius 1 is 1.42 bits per heavy atom. The van der Waals surface area contributed by atoms with Gasteiger partial charge in [-0.25, -0.2) is 0 Å². The summed E-state index contributed by atoms with van der Waals surface area (Å²) in [6.07, 6.45) is 1.56. The largest absolute Gasteiger partial charge is 0.497 e. The van der Waals surface area contributed by atoms with Crippen LogP contribution >= 0.6 is 11.6 Å². The van der Waals surface area contributed by atoms with E-state index in [9.17, 15) is 10.0 Å². The normalized spacial score (nSPS) is 10.6. The molecule has 0 fully saturated rings. The van der Waals surface area contributed by atoms with Gasteiger partial charge in [0.1, 0.15) is 5.75 Å². The standard InChI is InChI=1S/C12H14BClN2O3/c1-8-12(14)6-15-16(8)7-9-5-10(19-2)3-4-11(9)13(17)18/h3-6,17-18H,7H2,1-2H3. The van der Waals surface area contributed by atoms with Crippen LogP contribution in [0, 0.1) is 6.92 Å². The fourth-order valence-electron chi connectivity index (χ4n) is 1.84. The number of aromatic nitrogens is 2. The summed E-state index contributed by atoms with van der Waals surface area (Å²) in [4.78, 5) is 0. The highest BCUT2D eigenvalue weighted by atomic mass is 35.5. The third kappa shape index (κ3) is 2.92. The third-order valence-electron chi connectivity index (χ3n) is 2.99. The highest BCUT2D eigenvalue weighted by molar-refractivity contribution is 6.59. The molecule has 1 heterocycles. The molecule has 0 saturated heterocycles. The van der Waals surface area contributed by atoms with Crippen LogP contribution in [0.1, 0.15) is 11.3 Å². The topological polar surface area (TPSA) is 67.5 Å². The lowest BCUT2D eigenvalue weighted by Crippen LogP contribution is -2.33. The molecule has 0 amide bonds. The summed E-state index contributed by atoms with van der Waals surface area (Å²) >= 11 is 5.95. The monoisotopic (exact) mass is 280 g/mol. The molecule has 2 rings (SSSR count). The van der Waals surface area contributed by atoms with Crippen LogP contribution in [-0.4, -0.2) is 34.1 Å². The van der Waals surface area contributed by atoms with E-state index in [0.717, 1.165) is 11.3 Å². The van der Waals surface area contributed by atoms with Crippen molar-refractivity contribution in [3.8, 4) is 5.75 Å². The van der Waals surface area contributed by atoms with Crippen molar-refractivity contribution in [3.05, 3.63) is 40.7 Å². The highest BCUT2D eigenvalue weighted by Crippen LogP contribution is 2.17. The second-order valence-electron chi connectivity index (χ2n) is 4.17. The number of methoxy groups -OCH3 is 1. The molecule has 100 valence electrons. The van der Waals surface area contributed by atoms with Gasteiger partial charge in [-0.2, -0.15) is 5.10 Å². The van der Waals surface area contributed by atoms with Gasteiger partial charge in [-0.15, -0.1) is 0 Å². The van der Waals surface area contributed by atoms with E-state index in [2.05, 4.69) is 5.10 Å². The van der Waals surface area contributed by atoms with Crippen LogP contribution in [0.5, 0.6) is 5.75 Å². The van der Waals surface area contributed by atoms with Gasteiger partial charge in [-0.3, -0.25) is 4.68 Å². The van der Waals surface area contributed by atoms with Gasteiger partial charge in [0, 0.05) is 0 Å². The maximum atomic E-state index is 9.38. The molecule has 1 aromatic carbocycles. The summed E-state index contributed by atoms with van der Waals surface area (Å²) < 4.78 is 6.84. The first-order valence-electron chi connectivity index (χ1n) is 5.73. The van der Waals surface area contributed by atoms with Crippen molar-refractivity contribution in [1.82, 2.24) is 9.78 Å². The molecular weight excluding hydrogens is 266 g/mol. The van der Waals surface area contributed by atoms with E-state index in [-0.39, 0.29) is 0 Å². The van der Waals surface area contributed by atoms with Crippen molar-refractivity contribution in [1.29, 1.82) is 0 Å². The van der Waals surface area contributed by atoms with Gasteiger partial charge in [-0.1, -0.05) is 17.7 Å². The molecule has 0 aliphatic carbocycles. The van der Waals surface area contributed by atoms with Crippen LogP contribution in [0.15, 0.2) is 24.4 Å². The third-order valence-corrected chi connectivity index (χ3v) is 3.36.